The van der Waals surface area contributed by atoms with Gasteiger partial charge in [-0.25, -0.2) is 0 Å². The van der Waals surface area contributed by atoms with Crippen molar-refractivity contribution < 1.29 is 10.0 Å². The van der Waals surface area contributed by atoms with Gasteiger partial charge in [-0.1, -0.05) is 42.5 Å². The second kappa shape index (κ2) is 7.68. The molecule has 2 aromatic rings. The number of hydrogen-bond acceptors (Lipinski definition) is 4. The van der Waals surface area contributed by atoms with E-state index in [1.807, 2.05) is 43.3 Å². The number of hydrogen-bond donors (Lipinski definition) is 2. The molecule has 0 fully saturated rings. The Morgan fingerprint density at radius 2 is 1.91 bits per heavy atom. The summed E-state index contributed by atoms with van der Waals surface area (Å²) in [6, 6.07) is 16.3. The minimum atomic E-state index is -0.497. The summed E-state index contributed by atoms with van der Waals surface area (Å²) in [7, 11) is 0. The van der Waals surface area contributed by atoms with Crippen LogP contribution in [0.15, 0.2) is 54.6 Å². The number of nitro groups is 1. The zero-order chi connectivity index (χ0) is 15.9. The van der Waals surface area contributed by atoms with Crippen LogP contribution in [0, 0.1) is 10.1 Å². The van der Waals surface area contributed by atoms with Crippen LogP contribution < -0.4 is 5.32 Å². The lowest BCUT2D eigenvalue weighted by molar-refractivity contribution is -0.384. The Bertz CT molecular complexity index is 616. The molecule has 5 nitrogen and oxygen atoms in total. The maximum Gasteiger partial charge on any atom is 0.269 e. The summed E-state index contributed by atoms with van der Waals surface area (Å²) in [5.74, 6) is 0. The van der Waals surface area contributed by atoms with E-state index in [1.165, 1.54) is 6.07 Å². The van der Waals surface area contributed by atoms with Gasteiger partial charge in [-0.2, -0.15) is 0 Å². The molecule has 2 unspecified atom stereocenters. The summed E-state index contributed by atoms with van der Waals surface area (Å²) in [6.07, 6.45) is 0.0822. The van der Waals surface area contributed by atoms with E-state index in [2.05, 4.69) is 5.32 Å². The third kappa shape index (κ3) is 4.65. The van der Waals surface area contributed by atoms with Crippen molar-refractivity contribution in [2.75, 3.05) is 6.54 Å². The van der Waals surface area contributed by atoms with Crippen molar-refractivity contribution in [2.45, 2.75) is 25.5 Å². The first-order valence-electron chi connectivity index (χ1n) is 7.26. The van der Waals surface area contributed by atoms with Crippen LogP contribution >= 0.6 is 0 Å². The highest BCUT2D eigenvalue weighted by atomic mass is 16.6. The molecule has 0 radical (unpaired) electrons. The highest BCUT2D eigenvalue weighted by Gasteiger charge is 2.12. The summed E-state index contributed by atoms with van der Waals surface area (Å²) in [5.41, 5.74) is 2.00. The van der Waals surface area contributed by atoms with Gasteiger partial charge >= 0.3 is 0 Å². The minimum absolute atomic E-state index is 0.0645. The van der Waals surface area contributed by atoms with Gasteiger partial charge in [0.25, 0.3) is 5.69 Å². The van der Waals surface area contributed by atoms with Crippen molar-refractivity contribution in [1.82, 2.24) is 5.32 Å². The second-order valence-corrected chi connectivity index (χ2v) is 5.33. The molecule has 0 saturated carbocycles. The predicted molar refractivity (Wildman–Crippen MR) is 85.7 cm³/mol. The number of benzene rings is 2. The van der Waals surface area contributed by atoms with Gasteiger partial charge in [0.2, 0.25) is 0 Å². The Morgan fingerprint density at radius 3 is 2.59 bits per heavy atom. The lowest BCUT2D eigenvalue weighted by atomic mass is 10.1. The Morgan fingerprint density at radius 1 is 1.18 bits per heavy atom. The van der Waals surface area contributed by atoms with Crippen molar-refractivity contribution in [3.05, 3.63) is 75.8 Å². The SMILES string of the molecule is CC(NCC(O)Cc1ccccc1)c1cccc([N+](=O)[O-])c1. The molecule has 0 aromatic heterocycles. The van der Waals surface area contributed by atoms with Crippen molar-refractivity contribution in [2.24, 2.45) is 0 Å². The molecule has 22 heavy (non-hydrogen) atoms. The van der Waals surface area contributed by atoms with E-state index in [-0.39, 0.29) is 11.7 Å². The van der Waals surface area contributed by atoms with Crippen molar-refractivity contribution in [1.29, 1.82) is 0 Å². The van der Waals surface area contributed by atoms with Gasteiger partial charge in [0, 0.05) is 24.7 Å². The Balaban J connectivity index is 1.88. The third-order valence-corrected chi connectivity index (χ3v) is 3.55. The van der Waals surface area contributed by atoms with Crippen LogP contribution in [0.1, 0.15) is 24.1 Å². The van der Waals surface area contributed by atoms with Crippen LogP contribution in [0.5, 0.6) is 0 Å². The highest BCUT2D eigenvalue weighted by molar-refractivity contribution is 5.35. The summed E-state index contributed by atoms with van der Waals surface area (Å²) in [5, 5.41) is 24.1. The van der Waals surface area contributed by atoms with Crippen molar-refractivity contribution >= 4 is 5.69 Å². The molecule has 0 amide bonds. The van der Waals surface area contributed by atoms with Crippen LogP contribution in [0.4, 0.5) is 5.69 Å². The van der Waals surface area contributed by atoms with Gasteiger partial charge in [0.1, 0.15) is 0 Å². The van der Waals surface area contributed by atoms with E-state index in [0.29, 0.717) is 13.0 Å². The van der Waals surface area contributed by atoms with E-state index >= 15 is 0 Å². The molecule has 0 aliphatic rings. The molecule has 0 aliphatic heterocycles. The average Bonchev–Trinajstić information content (AvgIpc) is 2.53. The number of nitro benzene ring substituents is 1. The molecule has 0 saturated heterocycles. The molecule has 2 atom stereocenters. The van der Waals surface area contributed by atoms with E-state index in [9.17, 15) is 15.2 Å². The van der Waals surface area contributed by atoms with E-state index in [4.69, 9.17) is 0 Å². The first-order chi connectivity index (χ1) is 10.6. The van der Waals surface area contributed by atoms with Gasteiger partial charge in [0.05, 0.1) is 11.0 Å². The number of non-ortho nitro benzene ring substituents is 1. The molecule has 5 heteroatoms. The Labute approximate surface area is 129 Å². The molecular weight excluding hydrogens is 280 g/mol. The Hall–Kier alpha value is -2.24. The summed E-state index contributed by atoms with van der Waals surface area (Å²) in [6.45, 7) is 2.35. The smallest absolute Gasteiger partial charge is 0.269 e. The van der Waals surface area contributed by atoms with E-state index < -0.39 is 11.0 Å². The number of nitrogens with zero attached hydrogens (tertiary/aromatic N) is 1. The van der Waals surface area contributed by atoms with Crippen LogP contribution in [0.2, 0.25) is 0 Å². The molecule has 2 rings (SSSR count). The van der Waals surface area contributed by atoms with Gasteiger partial charge < -0.3 is 10.4 Å². The van der Waals surface area contributed by atoms with Gasteiger partial charge in [-0.05, 0) is 24.5 Å². The average molecular weight is 300 g/mol. The molecule has 116 valence electrons. The molecule has 0 spiro atoms. The lowest BCUT2D eigenvalue weighted by Gasteiger charge is -2.17. The molecular formula is C17H20N2O3. The summed E-state index contributed by atoms with van der Waals surface area (Å²) < 4.78 is 0. The van der Waals surface area contributed by atoms with Gasteiger partial charge in [-0.15, -0.1) is 0 Å². The third-order valence-electron chi connectivity index (χ3n) is 3.55. The van der Waals surface area contributed by atoms with Crippen molar-refractivity contribution in [3.63, 3.8) is 0 Å². The number of nitrogens with one attached hydrogen (secondary N) is 1. The van der Waals surface area contributed by atoms with Crippen LogP contribution in [0.3, 0.4) is 0 Å². The second-order valence-electron chi connectivity index (χ2n) is 5.33. The van der Waals surface area contributed by atoms with Crippen LogP contribution in [-0.2, 0) is 6.42 Å². The maximum absolute atomic E-state index is 10.8. The Kier molecular flexibility index (Phi) is 5.63. The van der Waals surface area contributed by atoms with Crippen molar-refractivity contribution in [3.8, 4) is 0 Å². The zero-order valence-electron chi connectivity index (χ0n) is 12.5. The monoisotopic (exact) mass is 300 g/mol. The zero-order valence-corrected chi connectivity index (χ0v) is 12.5. The quantitative estimate of drug-likeness (QED) is 0.609. The fourth-order valence-electron chi connectivity index (χ4n) is 2.30. The van der Waals surface area contributed by atoms with Gasteiger partial charge in [0.15, 0.2) is 0 Å². The number of rotatable bonds is 7. The molecule has 2 N–H and O–H groups in total. The molecule has 0 bridgehead atoms. The summed E-state index contributed by atoms with van der Waals surface area (Å²) >= 11 is 0. The first-order valence-corrected chi connectivity index (χ1v) is 7.26. The molecule has 0 heterocycles. The van der Waals surface area contributed by atoms with Crippen LogP contribution in [0.25, 0.3) is 0 Å². The van der Waals surface area contributed by atoms with Crippen LogP contribution in [-0.4, -0.2) is 22.7 Å². The molecule has 0 aliphatic carbocycles. The minimum Gasteiger partial charge on any atom is -0.391 e. The number of aliphatic hydroxyl groups excluding tert-OH is 1. The fourth-order valence-corrected chi connectivity index (χ4v) is 2.30. The topological polar surface area (TPSA) is 75.4 Å². The number of aliphatic hydroxyl groups is 1. The largest absolute Gasteiger partial charge is 0.391 e. The van der Waals surface area contributed by atoms with E-state index in [1.54, 1.807) is 12.1 Å². The first kappa shape index (κ1) is 16.1. The highest BCUT2D eigenvalue weighted by Crippen LogP contribution is 2.18. The maximum atomic E-state index is 10.8. The standard InChI is InChI=1S/C17H20N2O3/c1-13(15-8-5-9-16(11-15)19(21)22)18-12-17(20)10-14-6-3-2-4-7-14/h2-9,11,13,17-18,20H,10,12H2,1H3. The lowest BCUT2D eigenvalue weighted by Crippen LogP contribution is -2.30. The van der Waals surface area contributed by atoms with E-state index in [0.717, 1.165) is 11.1 Å². The fraction of sp³-hybridized carbons (Fsp3) is 0.294. The predicted octanol–water partition coefficient (Wildman–Crippen LogP) is 2.85. The molecule has 2 aromatic carbocycles. The summed E-state index contributed by atoms with van der Waals surface area (Å²) in [4.78, 5) is 10.4. The van der Waals surface area contributed by atoms with Gasteiger partial charge in [-0.3, -0.25) is 10.1 Å². The normalized spacial score (nSPS) is 13.5.